The van der Waals surface area contributed by atoms with Crippen LogP contribution in [0.3, 0.4) is 0 Å². The van der Waals surface area contributed by atoms with Crippen LogP contribution in [-0.2, 0) is 14.3 Å². The second kappa shape index (κ2) is 12.2. The molecule has 0 radical (unpaired) electrons. The quantitative estimate of drug-likeness (QED) is 0.478. The molecule has 1 saturated heterocycles. The van der Waals surface area contributed by atoms with E-state index < -0.39 is 5.60 Å². The number of halogens is 1. The first-order valence-electron chi connectivity index (χ1n) is 12.0. The Morgan fingerprint density at radius 3 is 2.67 bits per heavy atom. The fraction of sp³-hybridized carbons (Fsp3) is 0.680. The van der Waals surface area contributed by atoms with Gasteiger partial charge < -0.3 is 24.8 Å². The van der Waals surface area contributed by atoms with E-state index in [0.717, 1.165) is 67.1 Å². The van der Waals surface area contributed by atoms with Crippen molar-refractivity contribution in [3.8, 4) is 5.75 Å². The lowest BCUT2D eigenvalue weighted by Crippen LogP contribution is -2.56. The minimum absolute atomic E-state index is 0.00383. The van der Waals surface area contributed by atoms with Crippen LogP contribution < -0.4 is 15.4 Å². The summed E-state index contributed by atoms with van der Waals surface area (Å²) < 4.78 is 18.4. The molecule has 2 N–H and O–H groups in total. The van der Waals surface area contributed by atoms with Crippen molar-refractivity contribution in [1.29, 1.82) is 0 Å². The molecule has 1 saturated carbocycles. The molecule has 1 heterocycles. The zero-order valence-electron chi connectivity index (χ0n) is 19.9. The maximum atomic E-state index is 12.2. The molecule has 2 atom stereocenters. The van der Waals surface area contributed by atoms with Gasteiger partial charge in [-0.25, -0.2) is 4.79 Å². The number of aldehydes is 1. The van der Waals surface area contributed by atoms with Gasteiger partial charge in [0.2, 0.25) is 0 Å². The van der Waals surface area contributed by atoms with Crippen LogP contribution in [0.25, 0.3) is 0 Å². The second-order valence-corrected chi connectivity index (χ2v) is 10.8. The molecule has 3 rings (SSSR count). The van der Waals surface area contributed by atoms with E-state index in [1.807, 2.05) is 32.9 Å². The van der Waals surface area contributed by atoms with Crippen LogP contribution in [0.2, 0.25) is 0 Å². The molecule has 1 aliphatic carbocycles. The van der Waals surface area contributed by atoms with Crippen LogP contribution in [0.4, 0.5) is 4.79 Å². The van der Waals surface area contributed by atoms with E-state index in [9.17, 15) is 9.59 Å². The summed E-state index contributed by atoms with van der Waals surface area (Å²) in [6.45, 7) is 7.18. The van der Waals surface area contributed by atoms with Gasteiger partial charge in [-0.3, -0.25) is 4.79 Å². The highest BCUT2D eigenvalue weighted by molar-refractivity contribution is 9.10. The number of amides is 1. The van der Waals surface area contributed by atoms with Crippen molar-refractivity contribution >= 4 is 28.3 Å². The van der Waals surface area contributed by atoms with Crippen molar-refractivity contribution in [3.63, 3.8) is 0 Å². The average molecular weight is 525 g/mol. The Hall–Kier alpha value is -1.64. The third-order valence-electron chi connectivity index (χ3n) is 6.19. The van der Waals surface area contributed by atoms with Crippen molar-refractivity contribution in [3.05, 3.63) is 28.2 Å². The minimum Gasteiger partial charge on any atom is -0.486 e. The van der Waals surface area contributed by atoms with Crippen LogP contribution in [-0.4, -0.2) is 55.9 Å². The van der Waals surface area contributed by atoms with Crippen molar-refractivity contribution in [1.82, 2.24) is 10.6 Å². The van der Waals surface area contributed by atoms with E-state index in [0.29, 0.717) is 12.5 Å². The van der Waals surface area contributed by atoms with Crippen LogP contribution in [0.5, 0.6) is 5.75 Å². The lowest BCUT2D eigenvalue weighted by atomic mass is 9.82. The fourth-order valence-electron chi connectivity index (χ4n) is 4.63. The molecular weight excluding hydrogens is 488 g/mol. The van der Waals surface area contributed by atoms with Crippen molar-refractivity contribution in [2.24, 2.45) is 0 Å². The molecule has 33 heavy (non-hydrogen) atoms. The summed E-state index contributed by atoms with van der Waals surface area (Å²) >= 11 is 3.55. The Bertz CT molecular complexity index is 789. The molecule has 2 aliphatic rings. The van der Waals surface area contributed by atoms with Crippen LogP contribution in [0.15, 0.2) is 22.7 Å². The van der Waals surface area contributed by atoms with Crippen molar-refractivity contribution < 1.29 is 23.8 Å². The third kappa shape index (κ3) is 8.26. The van der Waals surface area contributed by atoms with E-state index in [1.165, 1.54) is 0 Å². The first-order chi connectivity index (χ1) is 15.7. The number of piperidine rings is 1. The third-order valence-corrected chi connectivity index (χ3v) is 6.68. The zero-order chi connectivity index (χ0) is 23.8. The van der Waals surface area contributed by atoms with Crippen molar-refractivity contribution in [2.45, 2.75) is 89.0 Å². The highest BCUT2D eigenvalue weighted by atomic mass is 79.9. The van der Waals surface area contributed by atoms with Gasteiger partial charge in [0.25, 0.3) is 0 Å². The molecule has 0 bridgehead atoms. The van der Waals surface area contributed by atoms with Crippen molar-refractivity contribution in [2.75, 3.05) is 19.8 Å². The van der Waals surface area contributed by atoms with Crippen LogP contribution >= 0.6 is 15.9 Å². The lowest BCUT2D eigenvalue weighted by molar-refractivity contribution is -0.109. The Kier molecular flexibility index (Phi) is 9.58. The zero-order valence-corrected chi connectivity index (χ0v) is 21.5. The van der Waals surface area contributed by atoms with Crippen LogP contribution in [0.1, 0.15) is 70.8 Å². The number of carbonyl (C=O) groups is 2. The number of alkyl carbamates (subject to hydrolysis) is 1. The Labute approximate surface area is 205 Å². The fourth-order valence-corrected chi connectivity index (χ4v) is 5.01. The number of nitrogens with one attached hydrogen (secondary N) is 2. The van der Waals surface area contributed by atoms with Gasteiger partial charge in [0, 0.05) is 10.5 Å². The molecule has 2 unspecified atom stereocenters. The Morgan fingerprint density at radius 1 is 1.21 bits per heavy atom. The Balaban J connectivity index is 1.49. The topological polar surface area (TPSA) is 85.9 Å². The Morgan fingerprint density at radius 2 is 1.97 bits per heavy atom. The van der Waals surface area contributed by atoms with E-state index >= 15 is 0 Å². The van der Waals surface area contributed by atoms with Gasteiger partial charge in [0.05, 0.1) is 18.8 Å². The first kappa shape index (κ1) is 26.0. The molecule has 7 nitrogen and oxygen atoms in total. The average Bonchev–Trinajstić information content (AvgIpc) is 2.77. The van der Waals surface area contributed by atoms with E-state index in [2.05, 4.69) is 32.6 Å². The van der Waals surface area contributed by atoms with Gasteiger partial charge in [0.15, 0.2) is 6.29 Å². The van der Waals surface area contributed by atoms with Crippen LogP contribution in [0, 0.1) is 0 Å². The highest BCUT2D eigenvalue weighted by Gasteiger charge is 2.30. The van der Waals surface area contributed by atoms with E-state index in [-0.39, 0.29) is 30.9 Å². The molecule has 8 heteroatoms. The molecular formula is C25H37BrN2O5. The summed E-state index contributed by atoms with van der Waals surface area (Å²) in [4.78, 5) is 23.0. The molecule has 184 valence electrons. The molecule has 1 amide bonds. The predicted molar refractivity (Wildman–Crippen MR) is 131 cm³/mol. The second-order valence-electron chi connectivity index (χ2n) is 9.92. The highest BCUT2D eigenvalue weighted by Crippen LogP contribution is 2.39. The molecule has 2 fully saturated rings. The summed E-state index contributed by atoms with van der Waals surface area (Å²) in [5, 5.41) is 6.52. The maximum absolute atomic E-state index is 12.2. The first-order valence-corrected chi connectivity index (χ1v) is 12.7. The molecule has 1 aromatic carbocycles. The number of ether oxygens (including phenoxy) is 3. The SMILES string of the molecule is CC(C)(C)OC(=O)NC1CCCNC1CO[C@H]1CC[C@@H](c2cc(Br)ccc2OCC=O)CC1. The summed E-state index contributed by atoms with van der Waals surface area (Å²) in [7, 11) is 0. The van der Waals surface area contributed by atoms with Gasteiger partial charge in [-0.2, -0.15) is 0 Å². The number of carbonyl (C=O) groups excluding carboxylic acids is 2. The van der Waals surface area contributed by atoms with Gasteiger partial charge in [-0.05, 0) is 95.5 Å². The summed E-state index contributed by atoms with van der Waals surface area (Å²) in [5.41, 5.74) is 0.642. The van der Waals surface area contributed by atoms with E-state index in [1.54, 1.807) is 0 Å². The monoisotopic (exact) mass is 524 g/mol. The standard InChI is InChI=1S/C25H37BrN2O5/c1-25(2,3)33-24(30)28-21-5-4-12-27-22(21)16-32-19-9-6-17(7-10-19)20-15-18(26)8-11-23(20)31-14-13-29/h8,11,13,15,17,19,21-22,27H,4-7,9-10,12,14,16H2,1-3H3,(H,28,30)/t17-,19+,21?,22?. The number of hydrogen-bond acceptors (Lipinski definition) is 6. The maximum Gasteiger partial charge on any atom is 0.407 e. The van der Waals surface area contributed by atoms with Gasteiger partial charge >= 0.3 is 6.09 Å². The predicted octanol–water partition coefficient (Wildman–Crippen LogP) is 4.71. The number of hydrogen-bond donors (Lipinski definition) is 2. The lowest BCUT2D eigenvalue weighted by Gasteiger charge is -2.36. The summed E-state index contributed by atoms with van der Waals surface area (Å²) in [6, 6.07) is 6.06. The normalized spacial score (nSPS) is 25.8. The largest absolute Gasteiger partial charge is 0.486 e. The summed E-state index contributed by atoms with van der Waals surface area (Å²) in [6.07, 6.45) is 6.51. The molecule has 0 spiro atoms. The summed E-state index contributed by atoms with van der Waals surface area (Å²) in [5.74, 6) is 1.18. The number of benzene rings is 1. The minimum atomic E-state index is -0.511. The molecule has 0 aromatic heterocycles. The molecule has 1 aliphatic heterocycles. The van der Waals surface area contributed by atoms with Gasteiger partial charge in [0.1, 0.15) is 18.0 Å². The smallest absolute Gasteiger partial charge is 0.407 e. The van der Waals surface area contributed by atoms with E-state index in [4.69, 9.17) is 14.2 Å². The van der Waals surface area contributed by atoms with Gasteiger partial charge in [-0.1, -0.05) is 15.9 Å². The molecule has 1 aromatic rings. The number of rotatable bonds is 8. The van der Waals surface area contributed by atoms with Gasteiger partial charge in [-0.15, -0.1) is 0 Å².